The van der Waals surface area contributed by atoms with E-state index in [0.717, 1.165) is 13.1 Å². The quantitative estimate of drug-likeness (QED) is 0.226. The van der Waals surface area contributed by atoms with Gasteiger partial charge in [0.2, 0.25) is 0 Å². The molecule has 36 heavy (non-hydrogen) atoms. The second kappa shape index (κ2) is 15.0. The number of halogens is 2. The van der Waals surface area contributed by atoms with E-state index in [1.807, 2.05) is 0 Å². The van der Waals surface area contributed by atoms with Gasteiger partial charge in [-0.3, -0.25) is 0 Å². The van der Waals surface area contributed by atoms with Gasteiger partial charge in [-0.25, -0.2) is 9.13 Å². The molecule has 5 rings (SSSR count). The average molecular weight is 615 g/mol. The molecule has 0 unspecified atom stereocenters. The van der Waals surface area contributed by atoms with E-state index >= 15 is 0 Å². The minimum atomic E-state index is 0. The highest BCUT2D eigenvalue weighted by atomic mass is 79.9. The van der Waals surface area contributed by atoms with E-state index in [1.165, 1.54) is 101 Å². The summed E-state index contributed by atoms with van der Waals surface area (Å²) in [4.78, 5) is 0. The number of hydrogen-bond acceptors (Lipinski definition) is 0. The Labute approximate surface area is 239 Å². The molecular weight excluding hydrogens is 572 g/mol. The Kier molecular flexibility index (Phi) is 12.1. The molecule has 0 saturated heterocycles. The molecular formula is C32H42Br2N2. The average Bonchev–Trinajstić information content (AvgIpc) is 2.90. The molecule has 3 aromatic rings. The van der Waals surface area contributed by atoms with Gasteiger partial charge in [0, 0.05) is 36.1 Å². The van der Waals surface area contributed by atoms with E-state index in [-0.39, 0.29) is 34.0 Å². The molecule has 0 atom stereocenters. The molecule has 1 aromatic carbocycles. The summed E-state index contributed by atoms with van der Waals surface area (Å²) in [5.74, 6) is 0. The van der Waals surface area contributed by atoms with Gasteiger partial charge in [-0.05, 0) is 99.3 Å². The lowest BCUT2D eigenvalue weighted by molar-refractivity contribution is -0.698. The Bertz CT molecular complexity index is 992. The fourth-order valence-corrected chi connectivity index (χ4v) is 5.84. The van der Waals surface area contributed by atoms with Crippen molar-refractivity contribution in [3.63, 3.8) is 0 Å². The zero-order valence-corrected chi connectivity index (χ0v) is 24.9. The number of benzene rings is 1. The van der Waals surface area contributed by atoms with Crippen molar-refractivity contribution in [2.45, 2.75) is 103 Å². The van der Waals surface area contributed by atoms with Gasteiger partial charge < -0.3 is 34.0 Å². The van der Waals surface area contributed by atoms with Gasteiger partial charge in [0.1, 0.15) is 13.1 Å². The van der Waals surface area contributed by atoms with Crippen LogP contribution in [-0.4, -0.2) is 0 Å². The van der Waals surface area contributed by atoms with Gasteiger partial charge in [-0.2, -0.15) is 0 Å². The molecule has 2 aliphatic rings. The molecule has 194 valence electrons. The van der Waals surface area contributed by atoms with Crippen molar-refractivity contribution in [2.75, 3.05) is 0 Å². The van der Waals surface area contributed by atoms with Crippen LogP contribution >= 0.6 is 0 Å². The van der Waals surface area contributed by atoms with Crippen molar-refractivity contribution >= 4 is 0 Å². The zero-order valence-electron chi connectivity index (χ0n) is 21.7. The molecule has 0 saturated carbocycles. The minimum absolute atomic E-state index is 0. The Morgan fingerprint density at radius 1 is 0.472 bits per heavy atom. The highest BCUT2D eigenvalue weighted by Gasteiger charge is 2.14. The topological polar surface area (TPSA) is 7.76 Å². The molecule has 2 aliphatic carbocycles. The van der Waals surface area contributed by atoms with Crippen molar-refractivity contribution in [2.24, 2.45) is 0 Å². The molecule has 0 bridgehead atoms. The first kappa shape index (κ1) is 29.0. The third kappa shape index (κ3) is 8.25. The van der Waals surface area contributed by atoms with Crippen molar-refractivity contribution in [3.05, 3.63) is 94.6 Å². The van der Waals surface area contributed by atoms with Gasteiger partial charge in [-0.15, -0.1) is 0 Å². The van der Waals surface area contributed by atoms with Gasteiger partial charge in [0.25, 0.3) is 0 Å². The lowest BCUT2D eigenvalue weighted by Crippen LogP contribution is -3.00. The molecule has 0 radical (unpaired) electrons. The highest BCUT2D eigenvalue weighted by Crippen LogP contribution is 2.20. The van der Waals surface area contributed by atoms with Gasteiger partial charge in [0.15, 0.2) is 24.8 Å². The number of aromatic nitrogens is 2. The summed E-state index contributed by atoms with van der Waals surface area (Å²) in [5.41, 5.74) is 9.32. The van der Waals surface area contributed by atoms with E-state index in [1.54, 1.807) is 22.3 Å². The lowest BCUT2D eigenvalue weighted by Gasteiger charge is -2.13. The van der Waals surface area contributed by atoms with Crippen LogP contribution in [0.5, 0.6) is 0 Å². The summed E-state index contributed by atoms with van der Waals surface area (Å²) in [6, 6.07) is 14.2. The summed E-state index contributed by atoms with van der Waals surface area (Å²) < 4.78 is 4.82. The Balaban J connectivity index is 0.00000180. The number of aryl methyl sites for hydroxylation is 8. The summed E-state index contributed by atoms with van der Waals surface area (Å²) in [6.07, 6.45) is 27.4. The van der Waals surface area contributed by atoms with Crippen LogP contribution in [0.2, 0.25) is 0 Å². The van der Waals surface area contributed by atoms with Gasteiger partial charge >= 0.3 is 0 Å². The first-order chi connectivity index (χ1) is 16.8. The number of nitrogens with zero attached hydrogens (tertiary/aromatic N) is 2. The summed E-state index contributed by atoms with van der Waals surface area (Å²) in [5, 5.41) is 0. The van der Waals surface area contributed by atoms with Crippen molar-refractivity contribution < 1.29 is 43.1 Å². The van der Waals surface area contributed by atoms with Gasteiger partial charge in [0.05, 0.1) is 0 Å². The van der Waals surface area contributed by atoms with Crippen LogP contribution in [0.25, 0.3) is 0 Å². The molecule has 0 aliphatic heterocycles. The Hall–Kier alpha value is -1.52. The first-order valence-corrected chi connectivity index (χ1v) is 13.9. The third-order valence-corrected chi connectivity index (χ3v) is 7.97. The van der Waals surface area contributed by atoms with Crippen LogP contribution in [0.15, 0.2) is 61.2 Å². The first-order valence-electron chi connectivity index (χ1n) is 13.9. The zero-order chi connectivity index (χ0) is 23.0. The number of fused-ring (bicyclic) bond motifs is 2. The minimum Gasteiger partial charge on any atom is -1.00 e. The Morgan fingerprint density at radius 2 is 0.861 bits per heavy atom. The molecule has 0 amide bonds. The molecule has 0 fully saturated rings. The molecule has 2 nitrogen and oxygen atoms in total. The highest BCUT2D eigenvalue weighted by molar-refractivity contribution is 5.24. The van der Waals surface area contributed by atoms with Crippen molar-refractivity contribution in [1.29, 1.82) is 0 Å². The third-order valence-electron chi connectivity index (χ3n) is 7.97. The molecule has 2 aromatic heterocycles. The van der Waals surface area contributed by atoms with Crippen LogP contribution < -0.4 is 43.1 Å². The second-order valence-electron chi connectivity index (χ2n) is 10.6. The summed E-state index contributed by atoms with van der Waals surface area (Å²) >= 11 is 0. The number of unbranched alkanes of at least 4 members (excludes halogenated alkanes) is 2. The number of pyridine rings is 2. The van der Waals surface area contributed by atoms with Crippen LogP contribution in [0.1, 0.15) is 84.7 Å². The maximum absolute atomic E-state index is 2.41. The molecule has 0 N–H and O–H groups in total. The van der Waals surface area contributed by atoms with E-state index in [4.69, 9.17) is 0 Å². The number of hydrogen-bond donors (Lipinski definition) is 0. The second-order valence-corrected chi connectivity index (χ2v) is 10.6. The van der Waals surface area contributed by atoms with Crippen molar-refractivity contribution in [3.8, 4) is 0 Å². The maximum atomic E-state index is 2.41. The predicted octanol–water partition coefficient (Wildman–Crippen LogP) is 0.0730. The molecule has 0 spiro atoms. The van der Waals surface area contributed by atoms with E-state index in [0.29, 0.717) is 0 Å². The van der Waals surface area contributed by atoms with Crippen LogP contribution in [-0.2, 0) is 51.6 Å². The number of rotatable bonds is 10. The normalized spacial score (nSPS) is 14.2. The maximum Gasteiger partial charge on any atom is 0.172 e. The van der Waals surface area contributed by atoms with Gasteiger partial charge in [-0.1, -0.05) is 24.3 Å². The summed E-state index contributed by atoms with van der Waals surface area (Å²) in [6.45, 7) is 2.29. The van der Waals surface area contributed by atoms with Crippen LogP contribution in [0.4, 0.5) is 0 Å². The van der Waals surface area contributed by atoms with Crippen LogP contribution in [0.3, 0.4) is 0 Å². The van der Waals surface area contributed by atoms with E-state index < -0.39 is 0 Å². The smallest absolute Gasteiger partial charge is 0.172 e. The van der Waals surface area contributed by atoms with E-state index in [9.17, 15) is 0 Å². The predicted molar refractivity (Wildman–Crippen MR) is 139 cm³/mol. The fourth-order valence-electron chi connectivity index (χ4n) is 5.84. The lowest BCUT2D eigenvalue weighted by atomic mass is 9.93. The largest absolute Gasteiger partial charge is 1.00 e. The molecule has 2 heterocycles. The Morgan fingerprint density at radius 3 is 1.28 bits per heavy atom. The monoisotopic (exact) mass is 612 g/mol. The van der Waals surface area contributed by atoms with E-state index in [2.05, 4.69) is 70.3 Å². The van der Waals surface area contributed by atoms with Crippen molar-refractivity contribution in [1.82, 2.24) is 0 Å². The van der Waals surface area contributed by atoms with Crippen LogP contribution in [0, 0.1) is 0 Å². The standard InChI is InChI=1S/C32H42N2.2BrH/c1-3-13-31-25-33(23-19-29(31)11-1)21-7-5-9-27-15-17-28(18-16-27)10-6-8-22-34-24-20-30-12-2-4-14-32(30)26-34;;/h15-20,23-26H,1-14,21-22H2;2*1H/q+2;;/p-2. The SMILES string of the molecule is [Br-].[Br-].c1cc(CCCC[n+]2ccc3c(c2)CCCC3)ccc1CCCC[n+]1ccc2c(c1)CCCC2. The fraction of sp³-hybridized carbons (Fsp3) is 0.500. The summed E-state index contributed by atoms with van der Waals surface area (Å²) in [7, 11) is 0. The molecule has 4 heteroatoms.